The fourth-order valence-corrected chi connectivity index (χ4v) is 2.98. The molecule has 1 heterocycles. The van der Waals surface area contributed by atoms with Crippen molar-refractivity contribution in [2.75, 3.05) is 6.61 Å². The number of ether oxygens (including phenoxy) is 1. The number of carbonyl (C=O) groups is 2. The second-order valence-electron chi connectivity index (χ2n) is 5.39. The first-order chi connectivity index (χ1) is 11.7. The number of sulfonamides is 1. The van der Waals surface area contributed by atoms with Gasteiger partial charge in [-0.15, -0.1) is 0 Å². The van der Waals surface area contributed by atoms with Gasteiger partial charge < -0.3 is 14.5 Å². The molecule has 0 atom stereocenters. The summed E-state index contributed by atoms with van der Waals surface area (Å²) in [7, 11) is -3.97. The lowest BCUT2D eigenvalue weighted by Crippen LogP contribution is -2.28. The van der Waals surface area contributed by atoms with Crippen LogP contribution in [0.15, 0.2) is 39.8 Å². The molecule has 25 heavy (non-hydrogen) atoms. The summed E-state index contributed by atoms with van der Waals surface area (Å²) in [6.45, 7) is 2.91. The number of nitrogens with two attached hydrogens (primary N) is 1. The molecule has 0 radical (unpaired) electrons. The Morgan fingerprint density at radius 1 is 1.28 bits per heavy atom. The fraction of sp³-hybridized carbons (Fsp3) is 0.250. The number of hydrogen-bond donors (Lipinski definition) is 2. The van der Waals surface area contributed by atoms with Crippen LogP contribution >= 0.6 is 0 Å². The molecule has 0 aliphatic heterocycles. The molecule has 1 aromatic carbocycles. The van der Waals surface area contributed by atoms with Crippen molar-refractivity contribution in [2.45, 2.75) is 25.3 Å². The van der Waals surface area contributed by atoms with Crippen LogP contribution in [0.5, 0.6) is 0 Å². The van der Waals surface area contributed by atoms with Crippen molar-refractivity contribution < 1.29 is 27.2 Å². The Morgan fingerprint density at radius 2 is 2.00 bits per heavy atom. The van der Waals surface area contributed by atoms with Gasteiger partial charge in [-0.25, -0.2) is 18.4 Å². The van der Waals surface area contributed by atoms with E-state index in [0.717, 1.165) is 6.07 Å². The van der Waals surface area contributed by atoms with Crippen molar-refractivity contribution in [3.8, 4) is 0 Å². The Morgan fingerprint density at radius 3 is 2.60 bits per heavy atom. The lowest BCUT2D eigenvalue weighted by Gasteiger charge is -2.10. The quantitative estimate of drug-likeness (QED) is 0.734. The molecule has 2 aromatic rings. The van der Waals surface area contributed by atoms with E-state index < -0.39 is 28.5 Å². The first-order valence-electron chi connectivity index (χ1n) is 7.28. The van der Waals surface area contributed by atoms with Crippen LogP contribution in [0.1, 0.15) is 27.2 Å². The zero-order valence-corrected chi connectivity index (χ0v) is 14.6. The maximum atomic E-state index is 12.1. The van der Waals surface area contributed by atoms with E-state index >= 15 is 0 Å². The molecule has 9 heteroatoms. The molecule has 134 valence electrons. The molecule has 0 spiro atoms. The van der Waals surface area contributed by atoms with Crippen LogP contribution in [-0.4, -0.2) is 26.9 Å². The number of nitrogens with one attached hydrogen (secondary N) is 1. The van der Waals surface area contributed by atoms with Crippen molar-refractivity contribution in [3.63, 3.8) is 0 Å². The highest BCUT2D eigenvalue weighted by Crippen LogP contribution is 2.20. The topological polar surface area (TPSA) is 129 Å². The molecule has 0 fully saturated rings. The van der Waals surface area contributed by atoms with E-state index in [1.54, 1.807) is 26.0 Å². The highest BCUT2D eigenvalue weighted by Gasteiger charge is 2.18. The van der Waals surface area contributed by atoms with Crippen LogP contribution in [0.25, 0.3) is 0 Å². The second kappa shape index (κ2) is 7.49. The Labute approximate surface area is 145 Å². The van der Waals surface area contributed by atoms with Crippen LogP contribution in [-0.2, 0) is 26.1 Å². The third kappa shape index (κ3) is 4.91. The van der Waals surface area contributed by atoms with Crippen molar-refractivity contribution in [1.29, 1.82) is 0 Å². The van der Waals surface area contributed by atoms with Gasteiger partial charge >= 0.3 is 5.97 Å². The zero-order chi connectivity index (χ0) is 18.6. The summed E-state index contributed by atoms with van der Waals surface area (Å²) in [5, 5.41) is 7.67. The number of rotatable bonds is 6. The van der Waals surface area contributed by atoms with Crippen LogP contribution in [0, 0.1) is 13.8 Å². The molecule has 2 rings (SSSR count). The van der Waals surface area contributed by atoms with Gasteiger partial charge in [-0.05, 0) is 49.2 Å². The summed E-state index contributed by atoms with van der Waals surface area (Å²) < 4.78 is 33.2. The highest BCUT2D eigenvalue weighted by molar-refractivity contribution is 7.89. The largest absolute Gasteiger partial charge is 0.467 e. The number of furan rings is 1. The van der Waals surface area contributed by atoms with E-state index in [0.29, 0.717) is 16.9 Å². The van der Waals surface area contributed by atoms with Gasteiger partial charge in [0.15, 0.2) is 6.61 Å². The molecule has 1 aromatic heterocycles. The monoisotopic (exact) mass is 366 g/mol. The summed E-state index contributed by atoms with van der Waals surface area (Å²) in [6, 6.07) is 5.99. The van der Waals surface area contributed by atoms with Crippen molar-refractivity contribution in [3.05, 3.63) is 53.0 Å². The van der Waals surface area contributed by atoms with Gasteiger partial charge in [0, 0.05) is 0 Å². The normalized spacial score (nSPS) is 11.2. The third-order valence-electron chi connectivity index (χ3n) is 3.54. The number of hydrogen-bond acceptors (Lipinski definition) is 6. The molecule has 1 amide bonds. The van der Waals surface area contributed by atoms with Crippen molar-refractivity contribution >= 4 is 21.9 Å². The first-order valence-corrected chi connectivity index (χ1v) is 8.83. The maximum absolute atomic E-state index is 12.1. The predicted octanol–water partition coefficient (Wildman–Crippen LogP) is 1.02. The van der Waals surface area contributed by atoms with Crippen LogP contribution < -0.4 is 10.5 Å². The molecule has 0 saturated carbocycles. The van der Waals surface area contributed by atoms with E-state index in [-0.39, 0.29) is 17.0 Å². The summed E-state index contributed by atoms with van der Waals surface area (Å²) in [4.78, 5) is 23.6. The number of benzene rings is 1. The van der Waals surface area contributed by atoms with Gasteiger partial charge in [0.2, 0.25) is 10.0 Å². The van der Waals surface area contributed by atoms with Crippen LogP contribution in [0.4, 0.5) is 0 Å². The van der Waals surface area contributed by atoms with E-state index in [9.17, 15) is 18.0 Å². The number of esters is 1. The minimum absolute atomic E-state index is 0.00552. The Kier molecular flexibility index (Phi) is 5.60. The van der Waals surface area contributed by atoms with Gasteiger partial charge in [0.05, 0.1) is 23.3 Å². The van der Waals surface area contributed by atoms with Crippen LogP contribution in [0.2, 0.25) is 0 Å². The molecular weight excluding hydrogens is 348 g/mol. The number of primary sulfonamides is 1. The minimum Gasteiger partial charge on any atom is -0.467 e. The number of aryl methyl sites for hydroxylation is 1. The van der Waals surface area contributed by atoms with Gasteiger partial charge in [-0.1, -0.05) is 0 Å². The molecule has 0 aliphatic rings. The first kappa shape index (κ1) is 18.7. The zero-order valence-electron chi connectivity index (χ0n) is 13.7. The third-order valence-corrected chi connectivity index (χ3v) is 4.57. The van der Waals surface area contributed by atoms with E-state index in [1.165, 1.54) is 12.3 Å². The molecule has 0 saturated heterocycles. The summed E-state index contributed by atoms with van der Waals surface area (Å²) in [5.41, 5.74) is 1.03. The predicted molar refractivity (Wildman–Crippen MR) is 88.1 cm³/mol. The molecule has 3 N–H and O–H groups in total. The smallest absolute Gasteiger partial charge is 0.338 e. The summed E-state index contributed by atoms with van der Waals surface area (Å²) in [6.07, 6.45) is 1.48. The number of carbonyl (C=O) groups excluding carboxylic acids is 2. The SMILES string of the molecule is Cc1cc(C(=O)OCC(=O)NCc2ccco2)cc(S(N)(=O)=O)c1C. The molecule has 0 bridgehead atoms. The van der Waals surface area contributed by atoms with Gasteiger partial charge in [0.1, 0.15) is 5.76 Å². The van der Waals surface area contributed by atoms with E-state index in [2.05, 4.69) is 5.32 Å². The number of amides is 1. The van der Waals surface area contributed by atoms with Gasteiger partial charge in [0.25, 0.3) is 5.91 Å². The standard InChI is InChI=1S/C16H18N2O6S/c1-10-6-12(7-14(11(10)2)25(17,21)22)16(20)24-9-15(19)18-8-13-4-3-5-23-13/h3-7H,8-9H2,1-2H3,(H,18,19)(H2,17,21,22). The average Bonchev–Trinajstić information content (AvgIpc) is 3.05. The lowest BCUT2D eigenvalue weighted by atomic mass is 10.1. The van der Waals surface area contributed by atoms with Gasteiger partial charge in [-0.2, -0.15) is 0 Å². The van der Waals surface area contributed by atoms with Crippen molar-refractivity contribution in [1.82, 2.24) is 5.32 Å². The van der Waals surface area contributed by atoms with Crippen LogP contribution in [0.3, 0.4) is 0 Å². The minimum atomic E-state index is -3.97. The second-order valence-corrected chi connectivity index (χ2v) is 6.92. The molecule has 0 aliphatic carbocycles. The molecule has 8 nitrogen and oxygen atoms in total. The Balaban J connectivity index is 2.01. The summed E-state index contributed by atoms with van der Waals surface area (Å²) in [5.74, 6) is -0.770. The molecule has 0 unspecified atom stereocenters. The summed E-state index contributed by atoms with van der Waals surface area (Å²) >= 11 is 0. The van der Waals surface area contributed by atoms with E-state index in [4.69, 9.17) is 14.3 Å². The lowest BCUT2D eigenvalue weighted by molar-refractivity contribution is -0.124. The Bertz CT molecular complexity index is 888. The van der Waals surface area contributed by atoms with Crippen molar-refractivity contribution in [2.24, 2.45) is 5.14 Å². The maximum Gasteiger partial charge on any atom is 0.338 e. The van der Waals surface area contributed by atoms with E-state index in [1.807, 2.05) is 0 Å². The highest BCUT2D eigenvalue weighted by atomic mass is 32.2. The Hall–Kier alpha value is -2.65. The molecular formula is C16H18N2O6S. The average molecular weight is 366 g/mol. The van der Waals surface area contributed by atoms with Gasteiger partial charge in [-0.3, -0.25) is 4.79 Å². The fourth-order valence-electron chi connectivity index (χ4n) is 2.10.